The Bertz CT molecular complexity index is 1140. The Hall–Kier alpha value is -3.93. The number of amides is 1. The molecule has 3 aromatic carbocycles. The molecule has 0 bridgehead atoms. The first kappa shape index (κ1) is 21.3. The van der Waals surface area contributed by atoms with Crippen LogP contribution in [0.15, 0.2) is 83.4 Å². The molecule has 32 heavy (non-hydrogen) atoms. The maximum absolute atomic E-state index is 12.3. The summed E-state index contributed by atoms with van der Waals surface area (Å²) in [5, 5.41) is 7.01. The zero-order valence-corrected chi connectivity index (χ0v) is 18.0. The molecule has 0 aliphatic heterocycles. The molecule has 0 aliphatic carbocycles. The number of aromatic nitrogens is 2. The number of nitrogens with zero attached hydrogens (tertiary/aromatic N) is 2. The van der Waals surface area contributed by atoms with Gasteiger partial charge in [-0.05, 0) is 60.4 Å². The van der Waals surface area contributed by atoms with Gasteiger partial charge in [0, 0.05) is 24.1 Å². The molecule has 0 radical (unpaired) electrons. The normalized spacial score (nSPS) is 10.7. The summed E-state index contributed by atoms with van der Waals surface area (Å²) in [6.45, 7) is 0. The van der Waals surface area contributed by atoms with Gasteiger partial charge in [-0.1, -0.05) is 47.6 Å². The van der Waals surface area contributed by atoms with Crippen molar-refractivity contribution in [1.82, 2.24) is 10.1 Å². The van der Waals surface area contributed by atoms with E-state index in [4.69, 9.17) is 9.26 Å². The summed E-state index contributed by atoms with van der Waals surface area (Å²) in [7, 11) is 1.64. The Morgan fingerprint density at radius 3 is 2.31 bits per heavy atom. The second-order valence-electron chi connectivity index (χ2n) is 7.47. The number of carbonyl (C=O) groups excluding carboxylic acids is 1. The van der Waals surface area contributed by atoms with E-state index in [0.717, 1.165) is 29.0 Å². The average Bonchev–Trinajstić information content (AvgIpc) is 3.32. The molecule has 1 N–H and O–H groups in total. The average molecular weight is 428 g/mol. The van der Waals surface area contributed by atoms with Gasteiger partial charge in [-0.3, -0.25) is 4.79 Å². The molecule has 6 heteroatoms. The smallest absolute Gasteiger partial charge is 0.227 e. The summed E-state index contributed by atoms with van der Waals surface area (Å²) in [5.74, 6) is 1.93. The van der Waals surface area contributed by atoms with Crippen LogP contribution in [0, 0.1) is 0 Å². The molecule has 0 unspecified atom stereocenters. The molecule has 1 amide bonds. The van der Waals surface area contributed by atoms with Crippen LogP contribution in [0.2, 0.25) is 0 Å². The maximum Gasteiger partial charge on any atom is 0.227 e. The lowest BCUT2D eigenvalue weighted by atomic mass is 10.1. The summed E-state index contributed by atoms with van der Waals surface area (Å²) in [4.78, 5) is 16.8. The van der Waals surface area contributed by atoms with E-state index in [0.29, 0.717) is 31.0 Å². The van der Waals surface area contributed by atoms with E-state index < -0.39 is 0 Å². The fraction of sp³-hybridized carbons (Fsp3) is 0.192. The molecule has 162 valence electrons. The summed E-state index contributed by atoms with van der Waals surface area (Å²) < 4.78 is 10.5. The van der Waals surface area contributed by atoms with Crippen molar-refractivity contribution in [3.63, 3.8) is 0 Å². The minimum Gasteiger partial charge on any atom is -0.497 e. The van der Waals surface area contributed by atoms with Gasteiger partial charge in [0.05, 0.1) is 7.11 Å². The Morgan fingerprint density at radius 1 is 0.875 bits per heavy atom. The van der Waals surface area contributed by atoms with Gasteiger partial charge >= 0.3 is 0 Å². The predicted octanol–water partition coefficient (Wildman–Crippen LogP) is 5.10. The zero-order chi connectivity index (χ0) is 22.2. The van der Waals surface area contributed by atoms with Gasteiger partial charge in [0.15, 0.2) is 0 Å². The van der Waals surface area contributed by atoms with Crippen LogP contribution in [0.1, 0.15) is 23.4 Å². The van der Waals surface area contributed by atoms with Gasteiger partial charge in [-0.15, -0.1) is 0 Å². The van der Waals surface area contributed by atoms with Gasteiger partial charge in [0.25, 0.3) is 0 Å². The largest absolute Gasteiger partial charge is 0.497 e. The first-order valence-corrected chi connectivity index (χ1v) is 10.6. The molecule has 4 rings (SSSR count). The Kier molecular flexibility index (Phi) is 6.92. The van der Waals surface area contributed by atoms with E-state index in [1.165, 1.54) is 5.56 Å². The molecule has 6 nitrogen and oxygen atoms in total. The highest BCUT2D eigenvalue weighted by atomic mass is 16.5. The highest BCUT2D eigenvalue weighted by Gasteiger charge is 2.10. The number of hydrogen-bond acceptors (Lipinski definition) is 5. The molecule has 0 atom stereocenters. The zero-order valence-electron chi connectivity index (χ0n) is 18.0. The number of hydrogen-bond donors (Lipinski definition) is 1. The van der Waals surface area contributed by atoms with Crippen LogP contribution >= 0.6 is 0 Å². The second kappa shape index (κ2) is 10.4. The van der Waals surface area contributed by atoms with Crippen LogP contribution in [0.4, 0.5) is 5.69 Å². The lowest BCUT2D eigenvalue weighted by Crippen LogP contribution is -2.12. The van der Waals surface area contributed by atoms with Gasteiger partial charge in [-0.25, -0.2) is 0 Å². The van der Waals surface area contributed by atoms with Gasteiger partial charge in [-0.2, -0.15) is 4.98 Å². The Labute approximate surface area is 187 Å². The van der Waals surface area contributed by atoms with E-state index in [9.17, 15) is 4.79 Å². The van der Waals surface area contributed by atoms with Crippen molar-refractivity contribution in [2.24, 2.45) is 0 Å². The number of methoxy groups -OCH3 is 1. The van der Waals surface area contributed by atoms with E-state index in [-0.39, 0.29) is 5.91 Å². The third-order valence-corrected chi connectivity index (χ3v) is 5.17. The molecule has 0 saturated heterocycles. The number of nitrogens with one attached hydrogen (secondary N) is 1. The molecule has 4 aromatic rings. The van der Waals surface area contributed by atoms with Gasteiger partial charge < -0.3 is 14.6 Å². The molecule has 0 saturated carbocycles. The van der Waals surface area contributed by atoms with Crippen LogP contribution in [0.25, 0.3) is 11.4 Å². The first-order chi connectivity index (χ1) is 15.7. The van der Waals surface area contributed by atoms with Crippen LogP contribution in [-0.4, -0.2) is 23.2 Å². The van der Waals surface area contributed by atoms with E-state index >= 15 is 0 Å². The highest BCUT2D eigenvalue weighted by molar-refractivity contribution is 5.91. The molecule has 1 heterocycles. The van der Waals surface area contributed by atoms with Crippen LogP contribution < -0.4 is 10.1 Å². The van der Waals surface area contributed by atoms with Crippen molar-refractivity contribution >= 4 is 11.6 Å². The van der Waals surface area contributed by atoms with Gasteiger partial charge in [0.1, 0.15) is 5.75 Å². The minimum absolute atomic E-state index is 0.0312. The minimum atomic E-state index is -0.0312. The molecule has 0 aliphatic rings. The fourth-order valence-corrected chi connectivity index (χ4v) is 3.35. The third kappa shape index (κ3) is 5.82. The lowest BCUT2D eigenvalue weighted by molar-refractivity contribution is -0.116. The van der Waals surface area contributed by atoms with Crippen LogP contribution in [0.5, 0.6) is 5.75 Å². The monoisotopic (exact) mass is 427 g/mol. The Morgan fingerprint density at radius 2 is 1.59 bits per heavy atom. The number of ether oxygens (including phenoxy) is 1. The molecular weight excluding hydrogens is 402 g/mol. The number of benzene rings is 3. The standard InChI is InChI=1S/C26H25N3O3/c1-31-23-15-7-20(8-16-23)9-17-24(30)27-22-13-11-21(12-14-22)26-28-25(32-29-26)18-10-19-5-3-2-4-6-19/h2-8,11-16H,9-10,17-18H2,1H3,(H,27,30). The van der Waals surface area contributed by atoms with Crippen molar-refractivity contribution in [1.29, 1.82) is 0 Å². The SMILES string of the molecule is COc1ccc(CCC(=O)Nc2ccc(-c3noc(CCc4ccccc4)n3)cc2)cc1. The summed E-state index contributed by atoms with van der Waals surface area (Å²) in [6, 6.07) is 25.4. The number of anilines is 1. The first-order valence-electron chi connectivity index (χ1n) is 10.6. The number of rotatable bonds is 9. The number of carbonyl (C=O) groups is 1. The summed E-state index contributed by atoms with van der Waals surface area (Å²) >= 11 is 0. The van der Waals surface area contributed by atoms with E-state index in [1.54, 1.807) is 7.11 Å². The predicted molar refractivity (Wildman–Crippen MR) is 124 cm³/mol. The third-order valence-electron chi connectivity index (χ3n) is 5.17. The molecule has 1 aromatic heterocycles. The topological polar surface area (TPSA) is 77.2 Å². The fourth-order valence-electron chi connectivity index (χ4n) is 3.35. The van der Waals surface area contributed by atoms with Gasteiger partial charge in [0.2, 0.25) is 17.6 Å². The van der Waals surface area contributed by atoms with Crippen molar-refractivity contribution in [2.45, 2.75) is 25.7 Å². The molecule has 0 spiro atoms. The second-order valence-corrected chi connectivity index (χ2v) is 7.47. The maximum atomic E-state index is 12.3. The molecule has 0 fully saturated rings. The summed E-state index contributed by atoms with van der Waals surface area (Å²) in [6.07, 6.45) is 2.62. The van der Waals surface area contributed by atoms with Crippen molar-refractivity contribution in [2.75, 3.05) is 12.4 Å². The quantitative estimate of drug-likeness (QED) is 0.402. The lowest BCUT2D eigenvalue weighted by Gasteiger charge is -2.06. The molecular formula is C26H25N3O3. The van der Waals surface area contributed by atoms with Crippen LogP contribution in [-0.2, 0) is 24.1 Å². The Balaban J connectivity index is 1.28. The van der Waals surface area contributed by atoms with Crippen LogP contribution in [0.3, 0.4) is 0 Å². The summed E-state index contributed by atoms with van der Waals surface area (Å²) in [5.41, 5.74) is 3.91. The van der Waals surface area contributed by atoms with Crippen molar-refractivity contribution < 1.29 is 14.1 Å². The highest BCUT2D eigenvalue weighted by Crippen LogP contribution is 2.20. The van der Waals surface area contributed by atoms with Crippen molar-refractivity contribution in [3.8, 4) is 17.1 Å². The number of aryl methyl sites for hydroxylation is 3. The van der Waals surface area contributed by atoms with E-state index in [1.807, 2.05) is 66.7 Å². The van der Waals surface area contributed by atoms with E-state index in [2.05, 4.69) is 27.6 Å². The van der Waals surface area contributed by atoms with Crippen molar-refractivity contribution in [3.05, 3.63) is 95.9 Å².